The van der Waals surface area contributed by atoms with Crippen LogP contribution in [0, 0.1) is 17.3 Å². The predicted molar refractivity (Wildman–Crippen MR) is 53.1 cm³/mol. The van der Waals surface area contributed by atoms with Crippen molar-refractivity contribution in [2.75, 3.05) is 13.2 Å². The lowest BCUT2D eigenvalue weighted by Crippen LogP contribution is -2.06. The number of rotatable bonds is 2. The van der Waals surface area contributed by atoms with Crippen LogP contribution >= 0.6 is 0 Å². The second kappa shape index (κ2) is 3.02. The lowest BCUT2D eigenvalue weighted by atomic mass is 10.00. The van der Waals surface area contributed by atoms with Crippen molar-refractivity contribution in [2.45, 2.75) is 26.7 Å². The van der Waals surface area contributed by atoms with Crippen LogP contribution in [0.2, 0.25) is 0 Å². The van der Waals surface area contributed by atoms with Gasteiger partial charge >= 0.3 is 0 Å². The maximum Gasteiger partial charge on any atom is 0.0876 e. The van der Waals surface area contributed by atoms with Crippen LogP contribution in [-0.4, -0.2) is 13.2 Å². The number of allylic oxidation sites excluding steroid dienone is 1. The molecule has 2 rings (SSSR count). The van der Waals surface area contributed by atoms with Gasteiger partial charge in [-0.25, -0.2) is 0 Å². The molecule has 0 bridgehead atoms. The molecule has 2 N–H and O–H groups in total. The van der Waals surface area contributed by atoms with Crippen LogP contribution in [0.4, 0.5) is 0 Å². The summed E-state index contributed by atoms with van der Waals surface area (Å²) in [5.74, 6) is 1.37. The molecule has 1 heterocycles. The number of nitrogens with two attached hydrogens (primary N) is 1. The fourth-order valence-electron chi connectivity index (χ4n) is 2.73. The zero-order chi connectivity index (χ0) is 9.47. The highest BCUT2D eigenvalue weighted by atomic mass is 16.5. The Morgan fingerprint density at radius 3 is 2.85 bits per heavy atom. The lowest BCUT2D eigenvalue weighted by molar-refractivity contribution is 0.220. The molecule has 13 heavy (non-hydrogen) atoms. The van der Waals surface area contributed by atoms with E-state index in [4.69, 9.17) is 10.5 Å². The van der Waals surface area contributed by atoms with Gasteiger partial charge in [-0.05, 0) is 42.2 Å². The lowest BCUT2D eigenvalue weighted by Gasteiger charge is -2.14. The van der Waals surface area contributed by atoms with Crippen LogP contribution in [0.25, 0.3) is 0 Å². The van der Waals surface area contributed by atoms with Gasteiger partial charge in [-0.2, -0.15) is 0 Å². The van der Waals surface area contributed by atoms with Crippen LogP contribution < -0.4 is 5.73 Å². The second-order valence-corrected chi connectivity index (χ2v) is 4.81. The Morgan fingerprint density at radius 1 is 1.62 bits per heavy atom. The van der Waals surface area contributed by atoms with E-state index in [-0.39, 0.29) is 0 Å². The van der Waals surface area contributed by atoms with Gasteiger partial charge in [0.25, 0.3) is 0 Å². The normalized spacial score (nSPS) is 36.4. The molecule has 0 radical (unpaired) electrons. The van der Waals surface area contributed by atoms with Gasteiger partial charge in [-0.3, -0.25) is 0 Å². The van der Waals surface area contributed by atoms with E-state index >= 15 is 0 Å². The van der Waals surface area contributed by atoms with Crippen LogP contribution in [0.1, 0.15) is 26.7 Å². The summed E-state index contributed by atoms with van der Waals surface area (Å²) in [6.07, 6.45) is 4.37. The minimum Gasteiger partial charge on any atom is -0.501 e. The van der Waals surface area contributed by atoms with E-state index in [1.807, 2.05) is 6.26 Å². The molecule has 0 amide bonds. The van der Waals surface area contributed by atoms with Crippen LogP contribution in [0.15, 0.2) is 11.8 Å². The van der Waals surface area contributed by atoms with E-state index in [1.165, 1.54) is 18.4 Å². The van der Waals surface area contributed by atoms with E-state index < -0.39 is 0 Å². The van der Waals surface area contributed by atoms with Crippen molar-refractivity contribution in [1.82, 2.24) is 0 Å². The Hall–Kier alpha value is -0.500. The average molecular weight is 181 g/mol. The molecule has 1 saturated carbocycles. The molecular formula is C11H19NO. The molecule has 1 aliphatic carbocycles. The zero-order valence-electron chi connectivity index (χ0n) is 8.55. The molecule has 2 nitrogen and oxygen atoms in total. The minimum absolute atomic E-state index is 0.418. The smallest absolute Gasteiger partial charge is 0.0876 e. The van der Waals surface area contributed by atoms with E-state index in [9.17, 15) is 0 Å². The van der Waals surface area contributed by atoms with Gasteiger partial charge in [0.2, 0.25) is 0 Å². The molecule has 2 unspecified atom stereocenters. The zero-order valence-corrected chi connectivity index (χ0v) is 8.55. The van der Waals surface area contributed by atoms with E-state index in [2.05, 4.69) is 13.8 Å². The maximum atomic E-state index is 5.74. The van der Waals surface area contributed by atoms with E-state index in [0.717, 1.165) is 13.2 Å². The molecule has 74 valence electrons. The highest BCUT2D eigenvalue weighted by Gasteiger charge is 2.58. The first-order valence-corrected chi connectivity index (χ1v) is 5.18. The van der Waals surface area contributed by atoms with E-state index in [1.54, 1.807) is 0 Å². The summed E-state index contributed by atoms with van der Waals surface area (Å²) in [6.45, 7) is 6.33. The summed E-state index contributed by atoms with van der Waals surface area (Å²) in [6, 6.07) is 0. The number of ether oxygens (including phenoxy) is 1. The molecule has 0 aromatic carbocycles. The first-order valence-electron chi connectivity index (χ1n) is 5.18. The molecule has 0 spiro atoms. The molecular weight excluding hydrogens is 162 g/mol. The Kier molecular flexibility index (Phi) is 2.11. The summed E-state index contributed by atoms with van der Waals surface area (Å²) in [7, 11) is 0. The molecule has 2 aliphatic rings. The topological polar surface area (TPSA) is 35.2 Å². The number of hydrogen-bond acceptors (Lipinski definition) is 2. The number of hydrogen-bond donors (Lipinski definition) is 1. The summed E-state index contributed by atoms with van der Waals surface area (Å²) < 4.78 is 5.37. The molecule has 0 aromatic rings. The SMILES string of the molecule is CC1(C)C(CN)C1C1=COCCC1. The fraction of sp³-hybridized carbons (Fsp3) is 0.818. The fourth-order valence-corrected chi connectivity index (χ4v) is 2.73. The highest BCUT2D eigenvalue weighted by molar-refractivity contribution is 5.23. The van der Waals surface area contributed by atoms with Gasteiger partial charge < -0.3 is 10.5 Å². The van der Waals surface area contributed by atoms with Gasteiger partial charge in [0.15, 0.2) is 0 Å². The summed E-state index contributed by atoms with van der Waals surface area (Å²) in [4.78, 5) is 0. The maximum absolute atomic E-state index is 5.74. The van der Waals surface area contributed by atoms with Crippen molar-refractivity contribution < 1.29 is 4.74 Å². The van der Waals surface area contributed by atoms with Crippen molar-refractivity contribution in [2.24, 2.45) is 23.0 Å². The molecule has 2 heteroatoms. The Balaban J connectivity index is 2.06. The molecule has 0 saturated heterocycles. The van der Waals surface area contributed by atoms with Crippen molar-refractivity contribution in [3.05, 3.63) is 11.8 Å². The quantitative estimate of drug-likeness (QED) is 0.706. The summed E-state index contributed by atoms with van der Waals surface area (Å²) in [5, 5.41) is 0. The average Bonchev–Trinajstić information content (AvgIpc) is 2.69. The van der Waals surface area contributed by atoms with Gasteiger partial charge in [0, 0.05) is 0 Å². The molecule has 0 aromatic heterocycles. The van der Waals surface area contributed by atoms with Gasteiger partial charge in [-0.1, -0.05) is 13.8 Å². The monoisotopic (exact) mass is 181 g/mol. The third-order valence-corrected chi connectivity index (χ3v) is 3.67. The highest BCUT2D eigenvalue weighted by Crippen LogP contribution is 2.62. The molecule has 2 atom stereocenters. The van der Waals surface area contributed by atoms with E-state index in [0.29, 0.717) is 17.3 Å². The standard InChI is InChI=1S/C11H19NO/c1-11(2)9(6-12)10(11)8-4-3-5-13-7-8/h7,9-10H,3-6,12H2,1-2H3. The van der Waals surface area contributed by atoms with Crippen LogP contribution in [-0.2, 0) is 4.74 Å². The Morgan fingerprint density at radius 2 is 2.38 bits per heavy atom. The molecule has 1 aliphatic heterocycles. The molecule has 1 fully saturated rings. The first-order chi connectivity index (χ1) is 6.18. The van der Waals surface area contributed by atoms with Crippen molar-refractivity contribution in [3.63, 3.8) is 0 Å². The van der Waals surface area contributed by atoms with Crippen molar-refractivity contribution >= 4 is 0 Å². The Labute approximate surface area is 80.1 Å². The van der Waals surface area contributed by atoms with Gasteiger partial charge in [-0.15, -0.1) is 0 Å². The van der Waals surface area contributed by atoms with Gasteiger partial charge in [0.1, 0.15) is 0 Å². The van der Waals surface area contributed by atoms with Crippen LogP contribution in [0.3, 0.4) is 0 Å². The largest absolute Gasteiger partial charge is 0.501 e. The van der Waals surface area contributed by atoms with Gasteiger partial charge in [0.05, 0.1) is 12.9 Å². The predicted octanol–water partition coefficient (Wildman–Crippen LogP) is 1.91. The first kappa shape index (κ1) is 9.07. The minimum atomic E-state index is 0.418. The second-order valence-electron chi connectivity index (χ2n) is 4.81. The van der Waals surface area contributed by atoms with Crippen LogP contribution in [0.5, 0.6) is 0 Å². The summed E-state index contributed by atoms with van der Waals surface area (Å²) >= 11 is 0. The van der Waals surface area contributed by atoms with Crippen molar-refractivity contribution in [3.8, 4) is 0 Å². The summed E-state index contributed by atoms with van der Waals surface area (Å²) in [5.41, 5.74) is 7.65. The third kappa shape index (κ3) is 1.37. The van der Waals surface area contributed by atoms with Crippen molar-refractivity contribution in [1.29, 1.82) is 0 Å². The Bertz CT molecular complexity index is 232. The third-order valence-electron chi connectivity index (χ3n) is 3.67.